The fourth-order valence-corrected chi connectivity index (χ4v) is 2.02. The van der Waals surface area contributed by atoms with Gasteiger partial charge in [0, 0.05) is 17.9 Å². The monoisotopic (exact) mass is 327 g/mol. The zero-order chi connectivity index (χ0) is 16.5. The van der Waals surface area contributed by atoms with Gasteiger partial charge in [0.1, 0.15) is 6.04 Å². The van der Waals surface area contributed by atoms with Crippen LogP contribution in [0.15, 0.2) is 24.3 Å². The summed E-state index contributed by atoms with van der Waals surface area (Å²) in [5, 5.41) is 3.04. The number of benzene rings is 1. The third-order valence-corrected chi connectivity index (χ3v) is 3.36. The second-order valence-corrected chi connectivity index (χ2v) is 4.92. The van der Waals surface area contributed by atoms with E-state index in [4.69, 9.17) is 11.6 Å². The molecule has 0 fully saturated rings. The average molecular weight is 328 g/mol. The van der Waals surface area contributed by atoms with Crippen molar-refractivity contribution in [3.8, 4) is 0 Å². The number of esters is 2. The summed E-state index contributed by atoms with van der Waals surface area (Å²) in [5.41, 5.74) is 0.716. The Balaban J connectivity index is 2.69. The Labute approximate surface area is 133 Å². The van der Waals surface area contributed by atoms with Gasteiger partial charge in [0.05, 0.1) is 20.6 Å². The van der Waals surface area contributed by atoms with Crippen LogP contribution in [-0.2, 0) is 30.3 Å². The van der Waals surface area contributed by atoms with Gasteiger partial charge < -0.3 is 14.8 Å². The van der Waals surface area contributed by atoms with Crippen molar-refractivity contribution >= 4 is 29.4 Å². The van der Waals surface area contributed by atoms with E-state index in [0.29, 0.717) is 10.6 Å². The van der Waals surface area contributed by atoms with Crippen molar-refractivity contribution in [2.24, 2.45) is 0 Å². The van der Waals surface area contributed by atoms with Crippen LogP contribution in [0.1, 0.15) is 18.4 Å². The normalized spacial score (nSPS) is 11.4. The molecule has 0 aliphatic heterocycles. The highest BCUT2D eigenvalue weighted by Gasteiger charge is 2.23. The molecule has 1 N–H and O–H groups in total. The number of halogens is 1. The summed E-state index contributed by atoms with van der Waals surface area (Å²) in [5.74, 6) is -1.50. The van der Waals surface area contributed by atoms with Gasteiger partial charge in [0.2, 0.25) is 5.91 Å². The van der Waals surface area contributed by atoms with Crippen LogP contribution in [0.25, 0.3) is 0 Å². The minimum Gasteiger partial charge on any atom is -0.469 e. The first-order valence-corrected chi connectivity index (χ1v) is 7.03. The number of hydrogen-bond donors (Lipinski definition) is 1. The zero-order valence-electron chi connectivity index (χ0n) is 12.4. The molecule has 22 heavy (non-hydrogen) atoms. The lowest BCUT2D eigenvalue weighted by Gasteiger charge is -2.17. The predicted molar refractivity (Wildman–Crippen MR) is 80.4 cm³/mol. The summed E-state index contributed by atoms with van der Waals surface area (Å²) in [6, 6.07) is 6.15. The minimum atomic E-state index is -0.866. The number of amides is 1. The second kappa shape index (κ2) is 9.04. The summed E-state index contributed by atoms with van der Waals surface area (Å²) < 4.78 is 9.14. The highest BCUT2D eigenvalue weighted by Crippen LogP contribution is 2.17. The average Bonchev–Trinajstić information content (AvgIpc) is 2.53. The predicted octanol–water partition coefficient (Wildman–Crippen LogP) is 1.49. The van der Waals surface area contributed by atoms with Crippen LogP contribution >= 0.6 is 11.6 Å². The molecule has 0 radical (unpaired) electrons. The van der Waals surface area contributed by atoms with E-state index in [1.165, 1.54) is 14.2 Å². The smallest absolute Gasteiger partial charge is 0.328 e. The maximum absolute atomic E-state index is 11.8. The molecule has 0 spiro atoms. The largest absolute Gasteiger partial charge is 0.469 e. The van der Waals surface area contributed by atoms with E-state index in [1.54, 1.807) is 24.3 Å². The fourth-order valence-electron chi connectivity index (χ4n) is 1.80. The number of ether oxygens (including phenoxy) is 2. The highest BCUT2D eigenvalue weighted by molar-refractivity contribution is 6.31. The third-order valence-electron chi connectivity index (χ3n) is 2.99. The molecule has 1 aromatic rings. The number of rotatable bonds is 7. The van der Waals surface area contributed by atoms with E-state index >= 15 is 0 Å². The first-order chi connectivity index (χ1) is 10.5. The van der Waals surface area contributed by atoms with Gasteiger partial charge in [-0.2, -0.15) is 0 Å². The topological polar surface area (TPSA) is 81.7 Å². The van der Waals surface area contributed by atoms with Crippen LogP contribution in [0.3, 0.4) is 0 Å². The SMILES string of the molecule is COC(=O)CCC(=O)N[C@H](Cc1ccccc1Cl)C(=O)OC. The van der Waals surface area contributed by atoms with Gasteiger partial charge in [0.25, 0.3) is 0 Å². The van der Waals surface area contributed by atoms with E-state index in [-0.39, 0.29) is 19.3 Å². The molecule has 0 bridgehead atoms. The number of carbonyl (C=O) groups excluding carboxylic acids is 3. The van der Waals surface area contributed by atoms with Crippen LogP contribution in [0.2, 0.25) is 5.02 Å². The Morgan fingerprint density at radius 2 is 1.82 bits per heavy atom. The van der Waals surface area contributed by atoms with Crippen LogP contribution in [-0.4, -0.2) is 38.1 Å². The quantitative estimate of drug-likeness (QED) is 0.767. The molecule has 7 heteroatoms. The molecule has 1 aromatic carbocycles. The van der Waals surface area contributed by atoms with Gasteiger partial charge in [0.15, 0.2) is 0 Å². The Bertz CT molecular complexity index is 546. The van der Waals surface area contributed by atoms with Crippen molar-refractivity contribution in [3.05, 3.63) is 34.9 Å². The van der Waals surface area contributed by atoms with E-state index in [0.717, 1.165) is 0 Å². The second-order valence-electron chi connectivity index (χ2n) is 4.51. The first kappa shape index (κ1) is 18.0. The summed E-state index contributed by atoms with van der Waals surface area (Å²) in [4.78, 5) is 34.6. The highest BCUT2D eigenvalue weighted by atomic mass is 35.5. The van der Waals surface area contributed by atoms with Crippen molar-refractivity contribution in [3.63, 3.8) is 0 Å². The number of nitrogens with one attached hydrogen (secondary N) is 1. The van der Waals surface area contributed by atoms with Gasteiger partial charge in [-0.3, -0.25) is 9.59 Å². The summed E-state index contributed by atoms with van der Waals surface area (Å²) in [6.07, 6.45) is 0.0846. The molecule has 0 heterocycles. The van der Waals surface area contributed by atoms with Gasteiger partial charge in [-0.25, -0.2) is 4.79 Å². The standard InChI is InChI=1S/C15H18ClNO5/c1-21-14(19)8-7-13(18)17-12(15(20)22-2)9-10-5-3-4-6-11(10)16/h3-6,12H,7-9H2,1-2H3,(H,17,18)/t12-/m1/s1. The van der Waals surface area contributed by atoms with Crippen molar-refractivity contribution in [2.45, 2.75) is 25.3 Å². The van der Waals surface area contributed by atoms with E-state index < -0.39 is 23.9 Å². The lowest BCUT2D eigenvalue weighted by Crippen LogP contribution is -2.43. The van der Waals surface area contributed by atoms with Crippen LogP contribution in [0, 0.1) is 0 Å². The molecule has 0 aliphatic carbocycles. The molecular formula is C15H18ClNO5. The molecule has 0 unspecified atom stereocenters. The molecule has 0 aromatic heterocycles. The Morgan fingerprint density at radius 3 is 2.41 bits per heavy atom. The van der Waals surface area contributed by atoms with E-state index in [1.807, 2.05) is 0 Å². The first-order valence-electron chi connectivity index (χ1n) is 6.65. The van der Waals surface area contributed by atoms with Crippen molar-refractivity contribution in [1.29, 1.82) is 0 Å². The van der Waals surface area contributed by atoms with Crippen LogP contribution < -0.4 is 5.32 Å². The van der Waals surface area contributed by atoms with Gasteiger partial charge in [-0.15, -0.1) is 0 Å². The molecular weight excluding hydrogens is 310 g/mol. The number of methoxy groups -OCH3 is 2. The van der Waals surface area contributed by atoms with Gasteiger partial charge in [-0.1, -0.05) is 29.8 Å². The molecule has 6 nitrogen and oxygen atoms in total. The molecule has 1 amide bonds. The number of carbonyl (C=O) groups is 3. The van der Waals surface area contributed by atoms with E-state index in [2.05, 4.69) is 14.8 Å². The molecule has 120 valence electrons. The Kier molecular flexibility index (Phi) is 7.39. The maximum atomic E-state index is 11.8. The molecule has 0 saturated carbocycles. The Hall–Kier alpha value is -2.08. The molecule has 0 aliphatic rings. The molecule has 1 atom stereocenters. The van der Waals surface area contributed by atoms with E-state index in [9.17, 15) is 14.4 Å². The fraction of sp³-hybridized carbons (Fsp3) is 0.400. The minimum absolute atomic E-state index is 0.0533. The molecule has 1 rings (SSSR count). The summed E-state index contributed by atoms with van der Waals surface area (Å²) >= 11 is 6.05. The van der Waals surface area contributed by atoms with Crippen molar-refractivity contribution < 1.29 is 23.9 Å². The lowest BCUT2D eigenvalue weighted by molar-refractivity contribution is -0.145. The number of hydrogen-bond acceptors (Lipinski definition) is 5. The molecule has 0 saturated heterocycles. The lowest BCUT2D eigenvalue weighted by atomic mass is 10.1. The van der Waals surface area contributed by atoms with Gasteiger partial charge in [-0.05, 0) is 11.6 Å². The van der Waals surface area contributed by atoms with Crippen LogP contribution in [0.4, 0.5) is 0 Å². The summed E-state index contributed by atoms with van der Waals surface area (Å²) in [6.45, 7) is 0. The van der Waals surface area contributed by atoms with Crippen LogP contribution in [0.5, 0.6) is 0 Å². The van der Waals surface area contributed by atoms with Gasteiger partial charge >= 0.3 is 11.9 Å². The van der Waals surface area contributed by atoms with Crippen molar-refractivity contribution in [1.82, 2.24) is 5.32 Å². The van der Waals surface area contributed by atoms with Crippen molar-refractivity contribution in [2.75, 3.05) is 14.2 Å². The zero-order valence-corrected chi connectivity index (χ0v) is 13.2. The third kappa shape index (κ3) is 5.73. The maximum Gasteiger partial charge on any atom is 0.328 e. The Morgan fingerprint density at radius 1 is 1.14 bits per heavy atom. The summed E-state index contributed by atoms with van der Waals surface area (Å²) in [7, 11) is 2.48.